The van der Waals surface area contributed by atoms with Crippen molar-refractivity contribution < 1.29 is 19.8 Å². The van der Waals surface area contributed by atoms with Gasteiger partial charge in [0.25, 0.3) is 0 Å². The normalized spacial score (nSPS) is 34.8. The lowest BCUT2D eigenvalue weighted by atomic mass is 9.79. The summed E-state index contributed by atoms with van der Waals surface area (Å²) in [4.78, 5) is 33.7. The van der Waals surface area contributed by atoms with Crippen molar-refractivity contribution in [2.75, 3.05) is 6.54 Å². The number of β-lactam (4-membered cyclic amide) rings is 1. The quantitative estimate of drug-likeness (QED) is 0.557. The predicted molar refractivity (Wildman–Crippen MR) is 95.0 cm³/mol. The van der Waals surface area contributed by atoms with E-state index in [1.807, 2.05) is 6.92 Å². The van der Waals surface area contributed by atoms with Crippen LogP contribution in [0.5, 0.6) is 0 Å². The second-order valence-electron chi connectivity index (χ2n) is 7.18. The van der Waals surface area contributed by atoms with Crippen molar-refractivity contribution in [3.05, 3.63) is 28.8 Å². The van der Waals surface area contributed by atoms with Crippen LogP contribution in [-0.2, 0) is 9.59 Å². The molecular weight excluding hydrogens is 356 g/mol. The largest absolute Gasteiger partial charge is 0.477 e. The molecule has 6 unspecified atom stereocenters. The van der Waals surface area contributed by atoms with E-state index >= 15 is 0 Å². The van der Waals surface area contributed by atoms with Gasteiger partial charge in [-0.05, 0) is 13.3 Å². The van der Waals surface area contributed by atoms with Gasteiger partial charge < -0.3 is 25.4 Å². The third-order valence-electron chi connectivity index (χ3n) is 5.54. The smallest absolute Gasteiger partial charge is 0.353 e. The molecule has 8 nitrogen and oxygen atoms in total. The first kappa shape index (κ1) is 17.6. The van der Waals surface area contributed by atoms with E-state index in [0.717, 1.165) is 23.7 Å². The van der Waals surface area contributed by atoms with Crippen molar-refractivity contribution in [2.45, 2.75) is 43.7 Å². The van der Waals surface area contributed by atoms with Gasteiger partial charge in [-0.3, -0.25) is 4.79 Å². The van der Waals surface area contributed by atoms with Crippen LogP contribution in [0.15, 0.2) is 23.0 Å². The molecule has 1 aromatic rings. The average Bonchev–Trinajstić information content (AvgIpc) is 3.28. The number of thioether (sulfide) groups is 1. The third-order valence-corrected chi connectivity index (χ3v) is 7.06. The maximum absolute atomic E-state index is 12.4. The highest BCUT2D eigenvalue weighted by Crippen LogP contribution is 2.52. The van der Waals surface area contributed by atoms with E-state index in [9.17, 15) is 19.8 Å². The zero-order valence-electron chi connectivity index (χ0n) is 14.5. The molecule has 0 bridgehead atoms. The molecule has 6 atom stereocenters. The van der Waals surface area contributed by atoms with Crippen LogP contribution in [0.1, 0.15) is 32.1 Å². The zero-order chi connectivity index (χ0) is 18.6. The molecule has 1 amide bonds. The summed E-state index contributed by atoms with van der Waals surface area (Å²) in [5.41, 5.74) is 0.0934. The highest BCUT2D eigenvalue weighted by molar-refractivity contribution is 8.03. The number of rotatable bonds is 5. The molecule has 4 N–H and O–H groups in total. The summed E-state index contributed by atoms with van der Waals surface area (Å²) < 4.78 is 0. The molecule has 2 saturated heterocycles. The minimum absolute atomic E-state index is 0.0916. The minimum atomic E-state index is -1.08. The first-order valence-corrected chi connectivity index (χ1v) is 9.66. The van der Waals surface area contributed by atoms with E-state index in [-0.39, 0.29) is 34.9 Å². The number of carboxylic acids is 1. The number of aliphatic carboxylic acids is 1. The summed E-state index contributed by atoms with van der Waals surface area (Å²) in [5, 5.41) is 23.2. The Bertz CT molecular complexity index is 763. The van der Waals surface area contributed by atoms with Crippen LogP contribution in [0, 0.1) is 11.8 Å². The van der Waals surface area contributed by atoms with Crippen LogP contribution in [-0.4, -0.2) is 60.9 Å². The van der Waals surface area contributed by atoms with E-state index in [2.05, 4.69) is 15.3 Å². The average molecular weight is 378 g/mol. The van der Waals surface area contributed by atoms with Crippen molar-refractivity contribution in [3.63, 3.8) is 0 Å². The van der Waals surface area contributed by atoms with Gasteiger partial charge in [0.1, 0.15) is 11.5 Å². The number of H-pyrrole nitrogens is 1. The molecule has 1 aromatic heterocycles. The van der Waals surface area contributed by atoms with Gasteiger partial charge in [0.2, 0.25) is 5.91 Å². The molecule has 9 heteroatoms. The Morgan fingerprint density at radius 2 is 2.27 bits per heavy atom. The number of amides is 1. The monoisotopic (exact) mass is 378 g/mol. The van der Waals surface area contributed by atoms with Gasteiger partial charge in [-0.2, -0.15) is 0 Å². The van der Waals surface area contributed by atoms with Gasteiger partial charge in [-0.15, -0.1) is 11.8 Å². The SMILES string of the molecule is CC(O)C1C(=O)N2C(C(=O)O)=C(SC3CNC(c4ncc[nH]4)C3)C(C)C12. The van der Waals surface area contributed by atoms with Crippen molar-refractivity contribution in [1.82, 2.24) is 20.2 Å². The maximum atomic E-state index is 12.4. The van der Waals surface area contributed by atoms with Gasteiger partial charge >= 0.3 is 5.97 Å². The molecule has 3 aliphatic rings. The van der Waals surface area contributed by atoms with E-state index in [1.54, 1.807) is 31.1 Å². The Labute approximate surface area is 155 Å². The van der Waals surface area contributed by atoms with Crippen LogP contribution in [0.3, 0.4) is 0 Å². The van der Waals surface area contributed by atoms with Crippen molar-refractivity contribution >= 4 is 23.6 Å². The number of carbonyl (C=O) groups excluding carboxylic acids is 1. The molecule has 140 valence electrons. The van der Waals surface area contributed by atoms with Crippen molar-refractivity contribution in [1.29, 1.82) is 0 Å². The summed E-state index contributed by atoms with van der Waals surface area (Å²) in [7, 11) is 0. The maximum Gasteiger partial charge on any atom is 0.353 e. The van der Waals surface area contributed by atoms with Crippen molar-refractivity contribution in [3.8, 4) is 0 Å². The van der Waals surface area contributed by atoms with Gasteiger partial charge in [0, 0.05) is 35.0 Å². The summed E-state index contributed by atoms with van der Waals surface area (Å²) in [6.07, 6.45) is 3.56. The van der Waals surface area contributed by atoms with E-state index in [1.165, 1.54) is 4.90 Å². The van der Waals surface area contributed by atoms with E-state index in [4.69, 9.17) is 0 Å². The molecule has 4 heterocycles. The predicted octanol–water partition coefficient (Wildman–Crippen LogP) is 0.700. The zero-order valence-corrected chi connectivity index (χ0v) is 15.4. The molecule has 0 radical (unpaired) electrons. The number of carboxylic acid groups (broad SMARTS) is 1. The molecular formula is C17H22N4O4S. The second kappa shape index (κ2) is 6.40. The molecule has 0 spiro atoms. The number of hydrogen-bond acceptors (Lipinski definition) is 6. The minimum Gasteiger partial charge on any atom is -0.477 e. The summed E-state index contributed by atoms with van der Waals surface area (Å²) in [6.45, 7) is 4.29. The number of hydrogen-bond donors (Lipinski definition) is 4. The lowest BCUT2D eigenvalue weighted by Crippen LogP contribution is -2.63. The highest BCUT2D eigenvalue weighted by Gasteiger charge is 2.60. The molecule has 3 aliphatic heterocycles. The second-order valence-corrected chi connectivity index (χ2v) is 8.52. The number of fused-ring (bicyclic) bond motifs is 1. The van der Waals surface area contributed by atoms with Gasteiger partial charge in [-0.1, -0.05) is 6.92 Å². The lowest BCUT2D eigenvalue weighted by Gasteiger charge is -2.46. The number of aromatic nitrogens is 2. The summed E-state index contributed by atoms with van der Waals surface area (Å²) in [5.74, 6) is -1.09. The van der Waals surface area contributed by atoms with Crippen LogP contribution in [0.25, 0.3) is 0 Å². The molecule has 0 aliphatic carbocycles. The summed E-state index contributed by atoms with van der Waals surface area (Å²) >= 11 is 1.54. The number of nitrogens with zero attached hydrogens (tertiary/aromatic N) is 2. The first-order chi connectivity index (χ1) is 12.4. The van der Waals surface area contributed by atoms with Crippen LogP contribution < -0.4 is 5.32 Å². The fourth-order valence-electron chi connectivity index (χ4n) is 4.33. The number of imidazole rings is 1. The molecule has 0 saturated carbocycles. The molecule has 2 fully saturated rings. The van der Waals surface area contributed by atoms with Crippen molar-refractivity contribution in [2.24, 2.45) is 11.8 Å². The Balaban J connectivity index is 1.54. The standard InChI is InChI=1S/C17H22N4O4S/c1-7-12-11(8(2)22)16(23)21(12)13(17(24)25)14(7)26-9-5-10(20-6-9)15-18-3-4-19-15/h3-4,7-12,20,22H,5-6H2,1-2H3,(H,18,19)(H,24,25). The lowest BCUT2D eigenvalue weighted by molar-refractivity contribution is -0.163. The number of aliphatic hydroxyl groups is 1. The topological polar surface area (TPSA) is 119 Å². The number of carbonyl (C=O) groups is 2. The van der Waals surface area contributed by atoms with Crippen LogP contribution in [0.2, 0.25) is 0 Å². The Morgan fingerprint density at radius 1 is 1.50 bits per heavy atom. The van der Waals surface area contributed by atoms with Crippen LogP contribution >= 0.6 is 11.8 Å². The first-order valence-electron chi connectivity index (χ1n) is 8.78. The van der Waals surface area contributed by atoms with Crippen LogP contribution in [0.4, 0.5) is 0 Å². The van der Waals surface area contributed by atoms with E-state index < -0.39 is 18.0 Å². The van der Waals surface area contributed by atoms with Gasteiger partial charge in [0.15, 0.2) is 0 Å². The molecule has 0 aromatic carbocycles. The fourth-order valence-corrected chi connectivity index (χ4v) is 5.81. The molecule has 4 rings (SSSR count). The van der Waals surface area contributed by atoms with Gasteiger partial charge in [-0.25, -0.2) is 9.78 Å². The summed E-state index contributed by atoms with van der Waals surface area (Å²) in [6, 6.07) is -0.136. The third kappa shape index (κ3) is 2.57. The number of nitrogens with one attached hydrogen (secondary N) is 2. The fraction of sp³-hybridized carbons (Fsp3) is 0.588. The Morgan fingerprint density at radius 3 is 2.88 bits per heavy atom. The molecule has 26 heavy (non-hydrogen) atoms. The highest BCUT2D eigenvalue weighted by atomic mass is 32.2. The van der Waals surface area contributed by atoms with Gasteiger partial charge in [0.05, 0.1) is 24.1 Å². The Hall–Kier alpha value is -1.84. The number of aromatic amines is 1. The Kier molecular flexibility index (Phi) is 4.32. The van der Waals surface area contributed by atoms with E-state index in [0.29, 0.717) is 0 Å². The number of aliphatic hydroxyl groups excluding tert-OH is 1.